The van der Waals surface area contributed by atoms with Crippen molar-refractivity contribution in [3.05, 3.63) is 75.7 Å². The van der Waals surface area contributed by atoms with Gasteiger partial charge in [-0.3, -0.25) is 24.4 Å². The number of carbonyl (C=O) groups is 4. The monoisotopic (exact) mass is 774 g/mol. The number of rotatable bonds is 10. The predicted molar refractivity (Wildman–Crippen MR) is 186 cm³/mol. The number of hydrogen-bond donors (Lipinski definition) is 8. The van der Waals surface area contributed by atoms with Crippen LogP contribution in [0.4, 0.5) is 37.8 Å². The molecule has 2 amide bonds. The minimum absolute atomic E-state index is 0.0256. The van der Waals surface area contributed by atoms with Crippen molar-refractivity contribution >= 4 is 41.1 Å². The third-order valence-electron chi connectivity index (χ3n) is 6.59. The highest BCUT2D eigenvalue weighted by atomic mass is 19.4. The summed E-state index contributed by atoms with van der Waals surface area (Å²) in [6.07, 6.45) is -7.91. The zero-order chi connectivity index (χ0) is 41.8. The van der Waals surface area contributed by atoms with E-state index in [0.29, 0.717) is 28.1 Å². The van der Waals surface area contributed by atoms with Crippen molar-refractivity contribution in [2.24, 2.45) is 5.73 Å². The number of nitrogens with two attached hydrogens (primary N) is 2. The summed E-state index contributed by atoms with van der Waals surface area (Å²) in [5.74, 6) is -6.14. The maximum absolute atomic E-state index is 13.6. The van der Waals surface area contributed by atoms with Crippen LogP contribution in [0.2, 0.25) is 0 Å². The van der Waals surface area contributed by atoms with Gasteiger partial charge in [0.05, 0.1) is 11.9 Å². The molecular weight excluding hydrogens is 734 g/mol. The van der Waals surface area contributed by atoms with Crippen LogP contribution in [0.5, 0.6) is 0 Å². The maximum atomic E-state index is 13.6. The highest BCUT2D eigenvalue weighted by Crippen LogP contribution is 2.24. The largest absolute Gasteiger partial charge is 0.490 e. The average molecular weight is 775 g/mol. The third-order valence-corrected chi connectivity index (χ3v) is 6.59. The fraction of sp³-hybridized carbons (Fsp3) is 0.364. The Kier molecular flexibility index (Phi) is 16.2. The van der Waals surface area contributed by atoms with Crippen molar-refractivity contribution in [3.63, 3.8) is 0 Å². The number of anilines is 2. The summed E-state index contributed by atoms with van der Waals surface area (Å²) in [5.41, 5.74) is 13.6. The van der Waals surface area contributed by atoms with E-state index in [-0.39, 0.29) is 36.7 Å². The molecule has 3 rings (SSSR count). The summed E-state index contributed by atoms with van der Waals surface area (Å²) in [5, 5.41) is 30.6. The minimum atomic E-state index is -5.08. The first-order valence-electron chi connectivity index (χ1n) is 15.6. The molecule has 296 valence electrons. The van der Waals surface area contributed by atoms with Crippen molar-refractivity contribution in [1.29, 1.82) is 5.41 Å². The van der Waals surface area contributed by atoms with Gasteiger partial charge in [0.2, 0.25) is 5.91 Å². The Balaban J connectivity index is 0.000000879. The van der Waals surface area contributed by atoms with Gasteiger partial charge in [-0.1, -0.05) is 31.2 Å². The van der Waals surface area contributed by atoms with Crippen LogP contribution in [0.3, 0.4) is 0 Å². The lowest BCUT2D eigenvalue weighted by Gasteiger charge is -2.22. The molecule has 15 nitrogen and oxygen atoms in total. The number of hydrogen-bond acceptors (Lipinski definition) is 9. The van der Waals surface area contributed by atoms with Gasteiger partial charge in [0.15, 0.2) is 5.82 Å². The van der Waals surface area contributed by atoms with Crippen molar-refractivity contribution in [1.82, 2.24) is 20.2 Å². The Morgan fingerprint density at radius 1 is 0.926 bits per heavy atom. The molecule has 0 unspecified atom stereocenters. The molecule has 0 fully saturated rings. The second-order valence-electron chi connectivity index (χ2n) is 12.4. The molecule has 0 bridgehead atoms. The number of aromatic nitrogens is 2. The lowest BCUT2D eigenvalue weighted by molar-refractivity contribution is -0.193. The summed E-state index contributed by atoms with van der Waals surface area (Å²) >= 11 is 0. The molecule has 0 radical (unpaired) electrons. The SMILES string of the molecule is CC[C@@H](C)NC(=O)c1cc(N)cc(-c2cnc(NC(C)(C)C)c(=O)n2CC(=O)NCc2ccc(C(=N)N)cc2)c1.O=C(O)C(F)(F)F.O=C(O)C(F)(F)F. The Hall–Kier alpha value is -6.15. The van der Waals surface area contributed by atoms with Gasteiger partial charge < -0.3 is 37.6 Å². The van der Waals surface area contributed by atoms with E-state index in [4.69, 9.17) is 36.7 Å². The van der Waals surface area contributed by atoms with Crippen LogP contribution in [-0.4, -0.2) is 73.3 Å². The average Bonchev–Trinajstić information content (AvgIpc) is 3.04. The number of amidine groups is 1. The van der Waals surface area contributed by atoms with Crippen molar-refractivity contribution < 1.29 is 55.7 Å². The standard InChI is InChI=1S/C29H38N8O3.2C2HF3O2/c1-6-17(2)35-27(39)21-11-20(12-22(30)13-21)23-15-34-26(36-29(3,4)5)28(40)37(23)16-24(38)33-14-18-7-9-19(10-8-18)25(31)32;2*3-2(4,5)1(6)7/h7-13,15,17H,6,14,16,30H2,1-5H3,(H3,31,32)(H,33,38)(H,34,36)(H,35,39);2*(H,6,7)/t17-;;/m1../s1. The summed E-state index contributed by atoms with van der Waals surface area (Å²) < 4.78 is 64.8. The molecule has 0 aliphatic rings. The van der Waals surface area contributed by atoms with Crippen molar-refractivity contribution in [3.8, 4) is 11.3 Å². The topological polar surface area (TPSA) is 256 Å². The van der Waals surface area contributed by atoms with Gasteiger partial charge in [-0.15, -0.1) is 0 Å². The predicted octanol–water partition coefficient (Wildman–Crippen LogP) is 4.10. The number of carboxylic acid groups (broad SMARTS) is 2. The maximum Gasteiger partial charge on any atom is 0.490 e. The van der Waals surface area contributed by atoms with E-state index < -0.39 is 41.3 Å². The Morgan fingerprint density at radius 2 is 1.44 bits per heavy atom. The van der Waals surface area contributed by atoms with Crippen LogP contribution >= 0.6 is 0 Å². The van der Waals surface area contributed by atoms with E-state index in [0.717, 1.165) is 12.0 Å². The van der Waals surface area contributed by atoms with Crippen molar-refractivity contribution in [2.45, 2.75) is 78.1 Å². The van der Waals surface area contributed by atoms with Crippen LogP contribution in [0.1, 0.15) is 62.5 Å². The zero-order valence-corrected chi connectivity index (χ0v) is 29.6. The summed E-state index contributed by atoms with van der Waals surface area (Å²) in [7, 11) is 0. The van der Waals surface area contributed by atoms with Gasteiger partial charge in [0, 0.05) is 40.5 Å². The fourth-order valence-corrected chi connectivity index (χ4v) is 3.86. The summed E-state index contributed by atoms with van der Waals surface area (Å²) in [6.45, 7) is 9.51. The number of aliphatic carboxylic acids is 2. The molecule has 1 heterocycles. The van der Waals surface area contributed by atoms with Crippen LogP contribution in [0.15, 0.2) is 53.5 Å². The molecular formula is C33H40F6N8O7. The van der Waals surface area contributed by atoms with Gasteiger partial charge in [-0.25, -0.2) is 14.6 Å². The quantitative estimate of drug-likeness (QED) is 0.0630. The number of amides is 2. The van der Waals surface area contributed by atoms with Gasteiger partial charge in [0.1, 0.15) is 12.4 Å². The first kappa shape index (κ1) is 45.9. The number of carbonyl (C=O) groups excluding carboxylic acids is 2. The van der Waals surface area contributed by atoms with Crippen LogP contribution in [-0.2, 0) is 27.5 Å². The fourth-order valence-electron chi connectivity index (χ4n) is 3.86. The molecule has 1 atom stereocenters. The number of halogens is 6. The highest BCUT2D eigenvalue weighted by molar-refractivity contribution is 5.97. The number of carboxylic acids is 2. The molecule has 0 spiro atoms. The third kappa shape index (κ3) is 15.6. The van der Waals surface area contributed by atoms with Crippen molar-refractivity contribution in [2.75, 3.05) is 11.1 Å². The molecule has 0 saturated carbocycles. The minimum Gasteiger partial charge on any atom is -0.475 e. The number of nitrogens with zero attached hydrogens (tertiary/aromatic N) is 2. The second-order valence-corrected chi connectivity index (χ2v) is 12.4. The Bertz CT molecular complexity index is 1850. The van der Waals surface area contributed by atoms with Gasteiger partial charge >= 0.3 is 24.3 Å². The molecule has 0 aliphatic heterocycles. The number of benzene rings is 2. The van der Waals surface area contributed by atoms with Crippen LogP contribution in [0.25, 0.3) is 11.3 Å². The molecule has 2 aromatic carbocycles. The summed E-state index contributed by atoms with van der Waals surface area (Å²) in [6, 6.07) is 11.8. The van der Waals surface area contributed by atoms with E-state index in [1.165, 1.54) is 10.8 Å². The second kappa shape index (κ2) is 19.1. The van der Waals surface area contributed by atoms with E-state index in [9.17, 15) is 40.7 Å². The highest BCUT2D eigenvalue weighted by Gasteiger charge is 2.39. The van der Waals surface area contributed by atoms with Gasteiger partial charge in [0.25, 0.3) is 11.5 Å². The number of nitrogen functional groups attached to an aromatic ring is 2. The molecule has 54 heavy (non-hydrogen) atoms. The van der Waals surface area contributed by atoms with Crippen LogP contribution in [0, 0.1) is 5.41 Å². The van der Waals surface area contributed by atoms with Gasteiger partial charge in [-0.2, -0.15) is 26.3 Å². The first-order valence-corrected chi connectivity index (χ1v) is 15.6. The zero-order valence-electron chi connectivity index (χ0n) is 29.6. The molecule has 3 aromatic rings. The van der Waals surface area contributed by atoms with E-state index in [2.05, 4.69) is 20.9 Å². The van der Waals surface area contributed by atoms with Crippen LogP contribution < -0.4 is 33.0 Å². The van der Waals surface area contributed by atoms with Gasteiger partial charge in [-0.05, 0) is 57.9 Å². The van der Waals surface area contributed by atoms with E-state index in [1.54, 1.807) is 42.5 Å². The normalized spacial score (nSPS) is 11.8. The Labute approximate surface area is 304 Å². The molecule has 10 N–H and O–H groups in total. The molecule has 21 heteroatoms. The summed E-state index contributed by atoms with van der Waals surface area (Å²) in [4.78, 5) is 61.6. The smallest absolute Gasteiger partial charge is 0.475 e. The number of nitrogens with one attached hydrogen (secondary N) is 4. The lowest BCUT2D eigenvalue weighted by atomic mass is 10.1. The molecule has 0 saturated heterocycles. The lowest BCUT2D eigenvalue weighted by Crippen LogP contribution is -2.37. The van der Waals surface area contributed by atoms with E-state index in [1.807, 2.05) is 34.6 Å². The molecule has 0 aliphatic carbocycles. The Morgan fingerprint density at radius 3 is 1.89 bits per heavy atom. The molecule has 1 aromatic heterocycles. The number of alkyl halides is 6. The first-order chi connectivity index (χ1) is 24.7. The van der Waals surface area contributed by atoms with E-state index >= 15 is 0 Å².